The Morgan fingerprint density at radius 3 is 2.88 bits per heavy atom. The number of carbonyl (C=O) groups excluding carboxylic acids is 1. The Labute approximate surface area is 96.3 Å². The normalized spacial score (nSPS) is 9.62. The van der Waals surface area contributed by atoms with Gasteiger partial charge in [0.25, 0.3) is 0 Å². The van der Waals surface area contributed by atoms with Gasteiger partial charge < -0.3 is 10.1 Å². The Bertz CT molecular complexity index is 422. The number of ether oxygens (including phenoxy) is 1. The Kier molecular flexibility index (Phi) is 4.07. The van der Waals surface area contributed by atoms with Crippen LogP contribution in [0.15, 0.2) is 18.2 Å². The van der Waals surface area contributed by atoms with E-state index < -0.39 is 10.9 Å². The molecule has 0 spiro atoms. The molecule has 0 unspecified atom stereocenters. The monoisotopic (exact) mass is 244 g/mol. The number of rotatable bonds is 4. The third-order valence-corrected chi connectivity index (χ3v) is 2.13. The number of nitrogens with one attached hydrogen (secondary N) is 1. The average Bonchev–Trinajstić information content (AvgIpc) is 2.25. The molecule has 7 heteroatoms. The number of methoxy groups -OCH3 is 1. The Hall–Kier alpha value is -1.82. The summed E-state index contributed by atoms with van der Waals surface area (Å²) in [5.74, 6) is -0.519. The molecule has 1 N–H and O–H groups in total. The molecule has 16 heavy (non-hydrogen) atoms. The summed E-state index contributed by atoms with van der Waals surface area (Å²) in [4.78, 5) is 21.0. The third-order valence-electron chi connectivity index (χ3n) is 1.82. The van der Waals surface area contributed by atoms with Crippen molar-refractivity contribution in [3.8, 4) is 0 Å². The highest BCUT2D eigenvalue weighted by molar-refractivity contribution is 6.33. The fourth-order valence-corrected chi connectivity index (χ4v) is 1.33. The van der Waals surface area contributed by atoms with Crippen molar-refractivity contribution in [3.05, 3.63) is 33.3 Å². The summed E-state index contributed by atoms with van der Waals surface area (Å²) in [6.45, 7) is -0.155. The highest BCUT2D eigenvalue weighted by atomic mass is 35.5. The van der Waals surface area contributed by atoms with E-state index in [2.05, 4.69) is 10.1 Å². The van der Waals surface area contributed by atoms with E-state index in [1.54, 1.807) is 6.07 Å². The van der Waals surface area contributed by atoms with Crippen LogP contribution in [0, 0.1) is 10.1 Å². The van der Waals surface area contributed by atoms with Gasteiger partial charge in [-0.25, -0.2) is 0 Å². The number of nitrogens with zero attached hydrogens (tertiary/aromatic N) is 1. The number of esters is 1. The van der Waals surface area contributed by atoms with Gasteiger partial charge in [0.15, 0.2) is 0 Å². The molecule has 0 aliphatic rings. The van der Waals surface area contributed by atoms with E-state index in [1.807, 2.05) is 0 Å². The summed E-state index contributed by atoms with van der Waals surface area (Å²) in [6.07, 6.45) is 0. The summed E-state index contributed by atoms with van der Waals surface area (Å²) in [5, 5.41) is 13.3. The van der Waals surface area contributed by atoms with Gasteiger partial charge in [0.05, 0.1) is 12.0 Å². The lowest BCUT2D eigenvalue weighted by molar-refractivity contribution is -0.383. The molecule has 0 amide bonds. The maximum atomic E-state index is 10.9. The Morgan fingerprint density at radius 1 is 1.62 bits per heavy atom. The van der Waals surface area contributed by atoms with Crippen LogP contribution in [-0.2, 0) is 9.53 Å². The van der Waals surface area contributed by atoms with Gasteiger partial charge in [-0.05, 0) is 12.1 Å². The van der Waals surface area contributed by atoms with Crippen LogP contribution in [0.5, 0.6) is 0 Å². The molecule has 0 saturated carbocycles. The molecule has 0 heterocycles. The average molecular weight is 245 g/mol. The summed E-state index contributed by atoms with van der Waals surface area (Å²) in [5.41, 5.74) is -0.0732. The third kappa shape index (κ3) is 2.83. The smallest absolute Gasteiger partial charge is 0.325 e. The predicted octanol–water partition coefficient (Wildman–Crippen LogP) is 1.83. The lowest BCUT2D eigenvalue weighted by Gasteiger charge is -2.06. The lowest BCUT2D eigenvalue weighted by atomic mass is 10.2. The Balaban J connectivity index is 2.91. The van der Waals surface area contributed by atoms with Gasteiger partial charge in [-0.1, -0.05) is 17.7 Å². The largest absolute Gasteiger partial charge is 0.468 e. The second kappa shape index (κ2) is 5.32. The zero-order valence-corrected chi connectivity index (χ0v) is 9.15. The molecule has 0 aliphatic heterocycles. The second-order valence-corrected chi connectivity index (χ2v) is 3.23. The topological polar surface area (TPSA) is 81.5 Å². The number of anilines is 1. The van der Waals surface area contributed by atoms with Crippen LogP contribution in [0.3, 0.4) is 0 Å². The minimum atomic E-state index is -0.609. The van der Waals surface area contributed by atoms with Crippen LogP contribution in [0.25, 0.3) is 0 Å². The van der Waals surface area contributed by atoms with Gasteiger partial charge in [-0.2, -0.15) is 0 Å². The number of carbonyl (C=O) groups is 1. The number of hydrogen-bond donors (Lipinski definition) is 1. The van der Waals surface area contributed by atoms with E-state index in [0.717, 1.165) is 0 Å². The number of para-hydroxylation sites is 1. The fourth-order valence-electron chi connectivity index (χ4n) is 1.08. The molecule has 0 aliphatic carbocycles. The minimum absolute atomic E-state index is 0.0138. The highest BCUT2D eigenvalue weighted by Gasteiger charge is 2.18. The van der Waals surface area contributed by atoms with Crippen molar-refractivity contribution in [3.63, 3.8) is 0 Å². The van der Waals surface area contributed by atoms with Crippen molar-refractivity contribution in [2.45, 2.75) is 0 Å². The molecule has 1 aromatic rings. The Morgan fingerprint density at radius 2 is 2.31 bits per heavy atom. The molecule has 0 radical (unpaired) electrons. The van der Waals surface area contributed by atoms with Gasteiger partial charge in [0.2, 0.25) is 0 Å². The van der Waals surface area contributed by atoms with Crippen LogP contribution < -0.4 is 5.32 Å². The van der Waals surface area contributed by atoms with E-state index in [4.69, 9.17) is 11.6 Å². The zero-order chi connectivity index (χ0) is 12.1. The molecular formula is C9H9ClN2O4. The van der Waals surface area contributed by atoms with E-state index >= 15 is 0 Å². The first kappa shape index (κ1) is 12.3. The predicted molar refractivity (Wildman–Crippen MR) is 58.6 cm³/mol. The number of nitro benzene ring substituents is 1. The maximum absolute atomic E-state index is 10.9. The second-order valence-electron chi connectivity index (χ2n) is 2.82. The standard InChI is InChI=1S/C9H9ClN2O4/c1-16-8(13)5-11-7-4-2-3-6(10)9(7)12(14)15/h2-4,11H,5H2,1H3. The number of benzene rings is 1. The molecule has 0 aromatic heterocycles. The van der Waals surface area contributed by atoms with Gasteiger partial charge >= 0.3 is 11.7 Å². The molecule has 0 atom stereocenters. The fraction of sp³-hybridized carbons (Fsp3) is 0.222. The van der Waals surface area contributed by atoms with Crippen LogP contribution in [0.2, 0.25) is 5.02 Å². The van der Waals surface area contributed by atoms with Gasteiger partial charge in [0.1, 0.15) is 17.3 Å². The zero-order valence-electron chi connectivity index (χ0n) is 8.40. The summed E-state index contributed by atoms with van der Waals surface area (Å²) < 4.78 is 4.40. The summed E-state index contributed by atoms with van der Waals surface area (Å²) in [6, 6.07) is 4.42. The first-order valence-corrected chi connectivity index (χ1v) is 4.67. The molecular weight excluding hydrogens is 236 g/mol. The highest BCUT2D eigenvalue weighted by Crippen LogP contribution is 2.31. The van der Waals surface area contributed by atoms with Crippen molar-refractivity contribution >= 4 is 28.9 Å². The van der Waals surface area contributed by atoms with Crippen molar-refractivity contribution in [1.29, 1.82) is 0 Å². The number of hydrogen-bond acceptors (Lipinski definition) is 5. The summed E-state index contributed by atoms with van der Waals surface area (Å²) >= 11 is 5.68. The maximum Gasteiger partial charge on any atom is 0.325 e. The van der Waals surface area contributed by atoms with Crippen LogP contribution >= 0.6 is 11.6 Å². The van der Waals surface area contributed by atoms with Gasteiger partial charge in [0, 0.05) is 0 Å². The van der Waals surface area contributed by atoms with E-state index in [0.29, 0.717) is 0 Å². The van der Waals surface area contributed by atoms with E-state index in [9.17, 15) is 14.9 Å². The van der Waals surface area contributed by atoms with Crippen molar-refractivity contribution in [1.82, 2.24) is 0 Å². The number of nitro groups is 1. The van der Waals surface area contributed by atoms with Gasteiger partial charge in [-0.3, -0.25) is 14.9 Å². The molecule has 0 bridgehead atoms. The van der Waals surface area contributed by atoms with E-state index in [-0.39, 0.29) is 22.9 Å². The first-order chi connectivity index (χ1) is 7.56. The van der Waals surface area contributed by atoms with E-state index in [1.165, 1.54) is 19.2 Å². The first-order valence-electron chi connectivity index (χ1n) is 4.30. The summed E-state index contributed by atoms with van der Waals surface area (Å²) in [7, 11) is 1.23. The van der Waals surface area contributed by atoms with Gasteiger partial charge in [-0.15, -0.1) is 0 Å². The van der Waals surface area contributed by atoms with Crippen molar-refractivity contribution in [2.24, 2.45) is 0 Å². The molecule has 0 fully saturated rings. The van der Waals surface area contributed by atoms with Crippen LogP contribution in [-0.4, -0.2) is 24.5 Å². The van der Waals surface area contributed by atoms with Crippen molar-refractivity contribution in [2.75, 3.05) is 19.0 Å². The molecule has 86 valence electrons. The molecule has 1 aromatic carbocycles. The molecule has 6 nitrogen and oxygen atoms in total. The molecule has 1 rings (SSSR count). The van der Waals surface area contributed by atoms with Crippen LogP contribution in [0.4, 0.5) is 11.4 Å². The van der Waals surface area contributed by atoms with Crippen LogP contribution in [0.1, 0.15) is 0 Å². The minimum Gasteiger partial charge on any atom is -0.468 e. The van der Waals surface area contributed by atoms with Crippen molar-refractivity contribution < 1.29 is 14.5 Å². The molecule has 0 saturated heterocycles. The SMILES string of the molecule is COC(=O)CNc1cccc(Cl)c1[N+](=O)[O-]. The number of halogens is 1. The lowest BCUT2D eigenvalue weighted by Crippen LogP contribution is -2.15. The quantitative estimate of drug-likeness (QED) is 0.496.